The molecular weight excluding hydrogens is 1780 g/mol. The van der Waals surface area contributed by atoms with Crippen LogP contribution in [0.25, 0.3) is 21.0 Å². The Balaban J connectivity index is 1.09. The molecule has 44 nitrogen and oxygen atoms in total. The fraction of sp³-hybridized carbons (Fsp3) is 0.511. The fourth-order valence-electron chi connectivity index (χ4n) is 16.2. The summed E-state index contributed by atoms with van der Waals surface area (Å²) in [5.41, 5.74) is 19.0. The minimum Gasteiger partial charge on any atom is -0.508 e. The molecule has 0 aliphatic carbocycles. The second-order valence-electron chi connectivity index (χ2n) is 33.4. The highest BCUT2D eigenvalue weighted by Gasteiger charge is 2.47. The number of aliphatic hydroxyl groups is 3. The molecular formula is C88H121N23O21S2. The smallest absolute Gasteiger partial charge is 0.248 e. The van der Waals surface area contributed by atoms with Gasteiger partial charge in [-0.3, -0.25) is 86.9 Å². The summed E-state index contributed by atoms with van der Waals surface area (Å²) in [6, 6.07) is -3.05. The van der Waals surface area contributed by atoms with Gasteiger partial charge in [-0.2, -0.15) is 0 Å². The summed E-state index contributed by atoms with van der Waals surface area (Å²) in [6.07, 6.45) is 1.62. The van der Waals surface area contributed by atoms with Crippen LogP contribution in [0.5, 0.6) is 5.75 Å². The molecule has 134 heavy (non-hydrogen) atoms. The Morgan fingerprint density at radius 2 is 1.13 bits per heavy atom. The van der Waals surface area contributed by atoms with Gasteiger partial charge in [-0.15, -0.1) is 23.1 Å². The van der Waals surface area contributed by atoms with Gasteiger partial charge < -0.3 is 131 Å². The average Bonchev–Trinajstić information content (AvgIpc) is 1.67. The van der Waals surface area contributed by atoms with Crippen molar-refractivity contribution in [3.8, 4) is 5.75 Å². The number of amides is 17. The Hall–Kier alpha value is -13.3. The van der Waals surface area contributed by atoms with E-state index in [1.165, 1.54) is 76.2 Å². The number of hydrogen-bond acceptors (Lipinski definition) is 25. The number of nitrogens with two attached hydrogens (primary N) is 3. The van der Waals surface area contributed by atoms with Crippen LogP contribution in [0.15, 0.2) is 96.9 Å². The number of hydrogen-bond donors (Lipinski definition) is 21. The van der Waals surface area contributed by atoms with E-state index in [1.54, 1.807) is 54.0 Å². The molecule has 1 unspecified atom stereocenters. The van der Waals surface area contributed by atoms with Gasteiger partial charge in [0.1, 0.15) is 90.3 Å². The van der Waals surface area contributed by atoms with Crippen molar-refractivity contribution in [2.75, 3.05) is 72.0 Å². The number of phenols is 1. The average molecular weight is 1900 g/mol. The van der Waals surface area contributed by atoms with Crippen molar-refractivity contribution < 1.29 is 102 Å². The Bertz CT molecular complexity index is 5190. The molecule has 3 fully saturated rings. The first-order valence-corrected chi connectivity index (χ1v) is 46.3. The van der Waals surface area contributed by atoms with Crippen LogP contribution >= 0.6 is 23.1 Å². The van der Waals surface area contributed by atoms with Crippen LogP contribution in [0.1, 0.15) is 120 Å². The number of imidazole rings is 1. The molecule has 3 aromatic carbocycles. The predicted molar refractivity (Wildman–Crippen MR) is 491 cm³/mol. The Labute approximate surface area is 780 Å². The summed E-state index contributed by atoms with van der Waals surface area (Å²) in [6.45, 7) is 1.17. The first-order chi connectivity index (χ1) is 63.9. The van der Waals surface area contributed by atoms with Gasteiger partial charge in [0.05, 0.1) is 44.4 Å². The van der Waals surface area contributed by atoms with Gasteiger partial charge in [0, 0.05) is 112 Å². The number of nitrogens with one attached hydrogen (secondary N) is 14. The fourth-order valence-corrected chi connectivity index (χ4v) is 18.0. The molecule has 726 valence electrons. The molecule has 0 radical (unpaired) electrons. The highest BCUT2D eigenvalue weighted by Crippen LogP contribution is 2.30. The maximum absolute atomic E-state index is 15.7. The molecule has 17 amide bonds. The molecule has 3 saturated heterocycles. The zero-order valence-electron chi connectivity index (χ0n) is 75.3. The van der Waals surface area contributed by atoms with E-state index < -0.39 is 248 Å². The molecule has 3 aromatic heterocycles. The minimum atomic E-state index is -1.92. The Morgan fingerprint density at radius 3 is 1.78 bits per heavy atom. The molecule has 24 N–H and O–H groups in total. The Kier molecular flexibility index (Phi) is 38.9. The first-order valence-electron chi connectivity index (χ1n) is 44.2. The van der Waals surface area contributed by atoms with E-state index >= 15 is 28.8 Å². The third kappa shape index (κ3) is 28.6. The number of primary amides is 2. The van der Waals surface area contributed by atoms with E-state index in [-0.39, 0.29) is 88.7 Å². The van der Waals surface area contributed by atoms with E-state index in [1.807, 2.05) is 19.9 Å². The number of nitrogens with zero attached hydrogens (tertiary/aromatic N) is 6. The zero-order valence-corrected chi connectivity index (χ0v) is 77.0. The van der Waals surface area contributed by atoms with Crippen molar-refractivity contribution in [1.82, 2.24) is 97.9 Å². The third-order valence-electron chi connectivity index (χ3n) is 23.7. The van der Waals surface area contributed by atoms with E-state index in [0.29, 0.717) is 58.7 Å². The number of fused-ring (bicyclic) bond motifs is 4. The molecule has 0 saturated carbocycles. The van der Waals surface area contributed by atoms with Crippen LogP contribution in [0, 0.1) is 5.41 Å². The standard InChI is InChI=1S/C88H121N23O21S2/c1-7-9-21-66-80(125)99-57(20-15-29-94-88(91)92)76(121)106-65(75(120)96-39-72(90)117)44-133-45-73(118)98-60(31-48-25-27-52(114)28-26-48)83(128)107(4)47(3)74(119)102-62(36-71(89)116)85(130)110-30-16-23-67(110)81(126)101-59(34-51-38-93-46-97-51)78(123)105-64(42-113)86(131)111-40-53(115)35-69(111)82(127)100-58(32-49-37-95-56-19-13-11-17-54(49)56)77(122)104-63(41-112)79(124)103-61(33-50-43-134-70-24-14-12-18-55(50)70)84(129)109(6)68(22-10-8-2)87(132)108(66)5/h11-14,17-19,24-28,37-38,43,46-47,53,57-69,95,112-115H,7-10,15-16,20-23,29-36,39-42,44-45H2,1-6H3,(H2,89,116)(H2,90,117)(H,93,97)(H,96,120)(H,98,118)(H,99,125)(H,100,127)(H,101,126)(H,102,119)(H,103,124)(H,104,122)(H,105,123)(H,106,121)(H4,91,92,94)/t47-,53+,57-,58-,59-,60-,61-,62-,63-,64-,65?,66-,67-,68-,69-/m0/s1. The molecule has 46 heteroatoms. The maximum Gasteiger partial charge on any atom is 0.248 e. The van der Waals surface area contributed by atoms with Crippen LogP contribution in [0.4, 0.5) is 0 Å². The van der Waals surface area contributed by atoms with Crippen molar-refractivity contribution in [3.63, 3.8) is 0 Å². The number of aliphatic hydroxyl groups excluding tert-OH is 3. The lowest BCUT2D eigenvalue weighted by atomic mass is 10.00. The predicted octanol–water partition coefficient (Wildman–Crippen LogP) is -4.25. The summed E-state index contributed by atoms with van der Waals surface area (Å²) in [7, 11) is 3.88. The largest absolute Gasteiger partial charge is 0.508 e. The second-order valence-corrected chi connectivity index (χ2v) is 35.4. The normalized spacial score (nSPS) is 24.8. The number of thiophene rings is 1. The van der Waals surface area contributed by atoms with Crippen molar-refractivity contribution in [2.45, 2.75) is 214 Å². The number of aromatic amines is 2. The monoisotopic (exact) mass is 1900 g/mol. The van der Waals surface area contributed by atoms with Crippen molar-refractivity contribution in [1.29, 1.82) is 5.41 Å². The number of para-hydroxylation sites is 1. The summed E-state index contributed by atoms with van der Waals surface area (Å²) in [5, 5.41) is 83.1. The summed E-state index contributed by atoms with van der Waals surface area (Å²) >= 11 is 2.09. The number of benzene rings is 3. The van der Waals surface area contributed by atoms with Crippen molar-refractivity contribution >= 4 is 150 Å². The molecule has 9 rings (SSSR count). The first kappa shape index (κ1) is 104. The highest BCUT2D eigenvalue weighted by atomic mass is 32.2. The van der Waals surface area contributed by atoms with Crippen LogP contribution in [-0.2, 0) is 107 Å². The third-order valence-corrected chi connectivity index (χ3v) is 25.7. The summed E-state index contributed by atoms with van der Waals surface area (Å²) in [5.74, 6) is -18.5. The number of thioether (sulfide) groups is 1. The molecule has 15 atom stereocenters. The quantitative estimate of drug-likeness (QED) is 0.0147. The lowest BCUT2D eigenvalue weighted by Gasteiger charge is -2.36. The van der Waals surface area contributed by atoms with Crippen LogP contribution in [-0.4, -0.2) is 329 Å². The van der Waals surface area contributed by atoms with Gasteiger partial charge in [-0.1, -0.05) is 88.1 Å². The molecule has 0 bridgehead atoms. The lowest BCUT2D eigenvalue weighted by Crippen LogP contribution is -2.62. The van der Waals surface area contributed by atoms with Gasteiger partial charge in [0.25, 0.3) is 0 Å². The summed E-state index contributed by atoms with van der Waals surface area (Å²) in [4.78, 5) is 264. The van der Waals surface area contributed by atoms with Gasteiger partial charge in [0.2, 0.25) is 100 Å². The molecule has 3 aliphatic rings. The van der Waals surface area contributed by atoms with Gasteiger partial charge in [-0.25, -0.2) is 4.98 Å². The summed E-state index contributed by atoms with van der Waals surface area (Å²) < 4.78 is 0.800. The van der Waals surface area contributed by atoms with E-state index in [9.17, 15) is 73.2 Å². The van der Waals surface area contributed by atoms with Gasteiger partial charge >= 0.3 is 0 Å². The molecule has 0 spiro atoms. The number of aromatic hydroxyl groups is 1. The number of aromatic nitrogens is 3. The Morgan fingerprint density at radius 1 is 0.552 bits per heavy atom. The van der Waals surface area contributed by atoms with Gasteiger partial charge in [-0.05, 0) is 97.2 Å². The topological polar surface area (TPSA) is 666 Å². The van der Waals surface area contributed by atoms with Crippen LogP contribution in [0.3, 0.4) is 0 Å². The minimum absolute atomic E-state index is 0.0153. The number of rotatable bonds is 25. The van der Waals surface area contributed by atoms with Crippen LogP contribution < -0.4 is 75.7 Å². The van der Waals surface area contributed by atoms with E-state index in [2.05, 4.69) is 73.4 Å². The molecule has 3 aliphatic heterocycles. The molecule has 6 aromatic rings. The van der Waals surface area contributed by atoms with Gasteiger partial charge in [0.15, 0.2) is 5.96 Å². The van der Waals surface area contributed by atoms with E-state index in [4.69, 9.17) is 22.6 Å². The number of likely N-dealkylation sites (N-methyl/N-ethyl adjacent to an activating group) is 3. The van der Waals surface area contributed by atoms with Crippen molar-refractivity contribution in [3.05, 3.63) is 119 Å². The number of H-pyrrole nitrogens is 2. The number of carbonyl (C=O) groups is 17. The zero-order chi connectivity index (χ0) is 97.7. The highest BCUT2D eigenvalue weighted by molar-refractivity contribution is 8.00. The van der Waals surface area contributed by atoms with E-state index in [0.717, 1.165) is 41.0 Å². The number of carbonyl (C=O) groups excluding carboxylic acids is 17. The maximum atomic E-state index is 15.7. The molecule has 6 heterocycles. The number of phenolic OH excluding ortho intramolecular Hbond substituents is 1. The van der Waals surface area contributed by atoms with Crippen LogP contribution in [0.2, 0.25) is 0 Å². The van der Waals surface area contributed by atoms with Crippen molar-refractivity contribution in [2.24, 2.45) is 17.2 Å². The number of guanidine groups is 1. The second kappa shape index (κ2) is 49.9. The number of unbranched alkanes of at least 4 members (excludes halogenated alkanes) is 2. The lowest BCUT2D eigenvalue weighted by molar-refractivity contribution is -0.149. The SMILES string of the molecule is CCCC[C@H]1C(=O)N(C)[C@@H](CCCC)C(=O)N[C@@H](CCCNC(=N)N)C(=O)NC(C(=O)NCC(N)=O)CSCC(=O)N[C@@H](Cc2ccc(O)cc2)C(=O)N(C)[C@@H](C)C(=O)N[C@@H](CC(N)=O)C(=O)N2CCC[C@H]2C(=O)N[C@@H](Cc2cnc[nH]2)C(=O)N[C@@H](CO)C(=O)N2C[C@H](O)C[C@H]2C(=O)N[C@@H](Cc2c[nH]c3ccccc23)C(=O)N[C@@H](CO)C(=O)N[C@@H](Cc2csc3ccccc23)C(=O)N1C.